The molecule has 0 spiro atoms. The van der Waals surface area contributed by atoms with Crippen molar-refractivity contribution in [3.63, 3.8) is 0 Å². The molecule has 0 aromatic rings. The average molecular weight is 247 g/mol. The van der Waals surface area contributed by atoms with E-state index in [4.69, 9.17) is 0 Å². The quantitative estimate of drug-likeness (QED) is 0.714. The van der Waals surface area contributed by atoms with Gasteiger partial charge in [-0.1, -0.05) is 27.7 Å². The zero-order chi connectivity index (χ0) is 12.7. The van der Waals surface area contributed by atoms with E-state index in [1.165, 1.54) is 12.8 Å². The molecule has 2 unspecified atom stereocenters. The number of nitrogens with one attached hydrogen (secondary N) is 1. The Morgan fingerprint density at radius 1 is 1.00 bits per heavy atom. The van der Waals surface area contributed by atoms with E-state index in [9.17, 15) is 4.21 Å². The first-order chi connectivity index (χ1) is 7.31. The van der Waals surface area contributed by atoms with E-state index < -0.39 is 10.8 Å². The number of hydrogen-bond acceptors (Lipinski definition) is 2. The van der Waals surface area contributed by atoms with Gasteiger partial charge in [0.1, 0.15) is 0 Å². The van der Waals surface area contributed by atoms with Gasteiger partial charge in [0, 0.05) is 34.9 Å². The molecule has 1 N–H and O–H groups in total. The third-order valence-electron chi connectivity index (χ3n) is 2.52. The van der Waals surface area contributed by atoms with Crippen molar-refractivity contribution < 1.29 is 4.21 Å². The van der Waals surface area contributed by atoms with Gasteiger partial charge in [-0.2, -0.15) is 0 Å². The first kappa shape index (κ1) is 16.1. The molecule has 0 rings (SSSR count). The van der Waals surface area contributed by atoms with Crippen LogP contribution in [0.5, 0.6) is 0 Å². The highest BCUT2D eigenvalue weighted by Crippen LogP contribution is 2.14. The SMILES string of the molecule is CC(C)CC(CC(C)C)NC(C)CS(C)=O. The molecule has 0 aliphatic rings. The van der Waals surface area contributed by atoms with Crippen LogP contribution in [-0.2, 0) is 10.8 Å². The molecule has 0 aromatic heterocycles. The van der Waals surface area contributed by atoms with E-state index in [0.29, 0.717) is 12.1 Å². The largest absolute Gasteiger partial charge is 0.311 e. The van der Waals surface area contributed by atoms with E-state index in [0.717, 1.165) is 17.6 Å². The van der Waals surface area contributed by atoms with Crippen LogP contribution in [0, 0.1) is 11.8 Å². The van der Waals surface area contributed by atoms with Crippen molar-refractivity contribution in [2.75, 3.05) is 12.0 Å². The first-order valence-corrected chi connectivity index (χ1v) is 8.10. The normalized spacial score (nSPS) is 16.1. The molecule has 0 saturated carbocycles. The molecule has 3 heteroatoms. The van der Waals surface area contributed by atoms with Crippen molar-refractivity contribution in [2.45, 2.75) is 59.5 Å². The predicted molar refractivity (Wildman–Crippen MR) is 74.2 cm³/mol. The Bertz CT molecular complexity index is 194. The Hall–Kier alpha value is 0.110. The van der Waals surface area contributed by atoms with Crippen molar-refractivity contribution >= 4 is 10.8 Å². The molecule has 0 fully saturated rings. The van der Waals surface area contributed by atoms with Crippen LogP contribution in [0.4, 0.5) is 0 Å². The van der Waals surface area contributed by atoms with Gasteiger partial charge in [0.25, 0.3) is 0 Å². The highest BCUT2D eigenvalue weighted by Gasteiger charge is 2.15. The maximum atomic E-state index is 11.2. The second-order valence-corrected chi connectivity index (χ2v) is 7.24. The van der Waals surface area contributed by atoms with Gasteiger partial charge in [-0.3, -0.25) is 4.21 Å². The van der Waals surface area contributed by atoms with E-state index in [-0.39, 0.29) is 0 Å². The highest BCUT2D eigenvalue weighted by molar-refractivity contribution is 7.84. The zero-order valence-electron chi connectivity index (χ0n) is 11.7. The molecule has 2 atom stereocenters. The summed E-state index contributed by atoms with van der Waals surface area (Å²) in [6, 6.07) is 0.923. The van der Waals surface area contributed by atoms with Crippen molar-refractivity contribution in [1.29, 1.82) is 0 Å². The molecule has 0 aromatic carbocycles. The fraction of sp³-hybridized carbons (Fsp3) is 1.00. The molecule has 0 saturated heterocycles. The maximum Gasteiger partial charge on any atom is 0.0383 e. The second-order valence-electron chi connectivity index (χ2n) is 5.76. The average Bonchev–Trinajstić information content (AvgIpc) is 1.97. The Morgan fingerprint density at radius 3 is 1.75 bits per heavy atom. The number of hydrogen-bond donors (Lipinski definition) is 1. The lowest BCUT2D eigenvalue weighted by Crippen LogP contribution is -2.40. The minimum atomic E-state index is -0.700. The van der Waals surface area contributed by atoms with E-state index >= 15 is 0 Å². The van der Waals surface area contributed by atoms with E-state index in [2.05, 4.69) is 39.9 Å². The molecule has 0 aliphatic heterocycles. The van der Waals surface area contributed by atoms with Crippen LogP contribution >= 0.6 is 0 Å². The van der Waals surface area contributed by atoms with E-state index in [1.807, 2.05) is 0 Å². The van der Waals surface area contributed by atoms with Crippen LogP contribution in [0.25, 0.3) is 0 Å². The lowest BCUT2D eigenvalue weighted by Gasteiger charge is -2.26. The topological polar surface area (TPSA) is 29.1 Å². The third kappa shape index (κ3) is 9.34. The molecule has 0 bridgehead atoms. The van der Waals surface area contributed by atoms with Crippen molar-refractivity contribution in [1.82, 2.24) is 5.32 Å². The molecule has 0 heterocycles. The fourth-order valence-corrected chi connectivity index (χ4v) is 2.97. The van der Waals surface area contributed by atoms with E-state index in [1.54, 1.807) is 6.26 Å². The minimum absolute atomic E-state index is 0.355. The Morgan fingerprint density at radius 2 is 1.44 bits per heavy atom. The van der Waals surface area contributed by atoms with Crippen LogP contribution in [0.2, 0.25) is 0 Å². The highest BCUT2D eigenvalue weighted by atomic mass is 32.2. The smallest absolute Gasteiger partial charge is 0.0383 e. The lowest BCUT2D eigenvalue weighted by atomic mass is 9.95. The van der Waals surface area contributed by atoms with Gasteiger partial charge in [-0.25, -0.2) is 0 Å². The van der Waals surface area contributed by atoms with Crippen molar-refractivity contribution in [3.8, 4) is 0 Å². The van der Waals surface area contributed by atoms with Crippen molar-refractivity contribution in [3.05, 3.63) is 0 Å². The molecule has 0 radical (unpaired) electrons. The Labute approximate surface area is 104 Å². The second kappa shape index (κ2) is 8.24. The summed E-state index contributed by atoms with van der Waals surface area (Å²) in [5.41, 5.74) is 0. The molecular formula is C13H29NOS. The van der Waals surface area contributed by atoms with Crippen LogP contribution in [0.3, 0.4) is 0 Å². The summed E-state index contributed by atoms with van der Waals surface area (Å²) in [7, 11) is -0.700. The van der Waals surface area contributed by atoms with Gasteiger partial charge < -0.3 is 5.32 Å². The van der Waals surface area contributed by atoms with Crippen LogP contribution in [-0.4, -0.2) is 28.3 Å². The van der Waals surface area contributed by atoms with Gasteiger partial charge in [-0.15, -0.1) is 0 Å². The maximum absolute atomic E-state index is 11.2. The van der Waals surface area contributed by atoms with Gasteiger partial charge >= 0.3 is 0 Å². The summed E-state index contributed by atoms with van der Waals surface area (Å²) in [6.45, 7) is 11.2. The molecule has 2 nitrogen and oxygen atoms in total. The molecule has 16 heavy (non-hydrogen) atoms. The summed E-state index contributed by atoms with van der Waals surface area (Å²) in [5.74, 6) is 2.19. The van der Waals surface area contributed by atoms with Crippen LogP contribution < -0.4 is 5.32 Å². The Balaban J connectivity index is 4.13. The standard InChI is InChI=1S/C13H29NOS/c1-10(2)7-13(8-11(3)4)14-12(5)9-16(6)15/h10-14H,7-9H2,1-6H3. The lowest BCUT2D eigenvalue weighted by molar-refractivity contribution is 0.341. The monoisotopic (exact) mass is 247 g/mol. The summed E-state index contributed by atoms with van der Waals surface area (Å²) in [5, 5.41) is 3.62. The summed E-state index contributed by atoms with van der Waals surface area (Å²) in [4.78, 5) is 0. The van der Waals surface area contributed by atoms with Crippen LogP contribution in [0.1, 0.15) is 47.5 Å². The molecule has 98 valence electrons. The summed E-state index contributed by atoms with van der Waals surface area (Å²) >= 11 is 0. The predicted octanol–water partition coefficient (Wildman–Crippen LogP) is 2.80. The van der Waals surface area contributed by atoms with Gasteiger partial charge in [0.05, 0.1) is 0 Å². The van der Waals surface area contributed by atoms with Gasteiger partial charge in [0.15, 0.2) is 0 Å². The summed E-state index contributed by atoms with van der Waals surface area (Å²) in [6.07, 6.45) is 4.19. The third-order valence-corrected chi connectivity index (χ3v) is 3.49. The number of rotatable bonds is 8. The minimum Gasteiger partial charge on any atom is -0.311 e. The van der Waals surface area contributed by atoms with Crippen LogP contribution in [0.15, 0.2) is 0 Å². The fourth-order valence-electron chi connectivity index (χ4n) is 2.17. The summed E-state index contributed by atoms with van der Waals surface area (Å²) < 4.78 is 11.2. The first-order valence-electron chi connectivity index (χ1n) is 6.37. The van der Waals surface area contributed by atoms with Crippen molar-refractivity contribution in [2.24, 2.45) is 11.8 Å². The molecule has 0 aliphatic carbocycles. The van der Waals surface area contributed by atoms with Gasteiger partial charge in [-0.05, 0) is 31.6 Å². The van der Waals surface area contributed by atoms with Gasteiger partial charge in [0.2, 0.25) is 0 Å². The Kier molecular flexibility index (Phi) is 8.29. The molecular weight excluding hydrogens is 218 g/mol. The zero-order valence-corrected chi connectivity index (χ0v) is 12.6. The molecule has 0 amide bonds.